The van der Waals surface area contributed by atoms with Gasteiger partial charge in [0.15, 0.2) is 11.6 Å². The molecule has 0 spiro atoms. The lowest BCUT2D eigenvalue weighted by atomic mass is 9.45. The van der Waals surface area contributed by atoms with Crippen LogP contribution in [0.15, 0.2) is 11.6 Å². The van der Waals surface area contributed by atoms with E-state index in [1.165, 1.54) is 17.3 Å². The van der Waals surface area contributed by atoms with Crippen molar-refractivity contribution in [2.45, 2.75) is 90.4 Å². The van der Waals surface area contributed by atoms with Crippen LogP contribution in [0.25, 0.3) is 0 Å². The van der Waals surface area contributed by atoms with Crippen LogP contribution in [0.3, 0.4) is 0 Å². The largest absolute Gasteiger partial charge is 0.476 e. The smallest absolute Gasteiger partial charge is 0.220 e. The number of thiocarbonyl (C=S) groups is 1. The van der Waals surface area contributed by atoms with Crippen molar-refractivity contribution < 1.29 is 24.5 Å². The molecule has 0 unspecified atom stereocenters. The Morgan fingerprint density at radius 3 is 2.69 bits per heavy atom. The van der Waals surface area contributed by atoms with Gasteiger partial charge in [-0.1, -0.05) is 31.2 Å². The first-order valence-corrected chi connectivity index (χ1v) is 13.3. The second-order valence-electron chi connectivity index (χ2n) is 11.1. The van der Waals surface area contributed by atoms with Gasteiger partial charge in [-0.2, -0.15) is 0 Å². The molecule has 7 atom stereocenters. The molecule has 178 valence electrons. The fourth-order valence-corrected chi connectivity index (χ4v) is 8.74. The lowest BCUT2D eigenvalue weighted by molar-refractivity contribution is -0.178. The number of aliphatic hydroxyl groups excluding tert-OH is 1. The summed E-state index contributed by atoms with van der Waals surface area (Å²) in [4.78, 5) is 25.3. The maximum absolute atomic E-state index is 13.3. The van der Waals surface area contributed by atoms with Gasteiger partial charge in [0.25, 0.3) is 0 Å². The summed E-state index contributed by atoms with van der Waals surface area (Å²) >= 11 is 6.38. The molecular formula is C25H36O5S2. The number of Topliss-reactive ketones (excluding diaryl/α,β-unsaturated/α-hetero) is 1. The molecule has 4 rings (SSSR count). The Kier molecular flexibility index (Phi) is 6.45. The zero-order valence-corrected chi connectivity index (χ0v) is 21.2. The van der Waals surface area contributed by atoms with Crippen LogP contribution in [-0.2, 0) is 14.3 Å². The summed E-state index contributed by atoms with van der Waals surface area (Å²) in [6, 6.07) is 0. The number of carbonyl (C=O) groups is 2. The summed E-state index contributed by atoms with van der Waals surface area (Å²) in [6.45, 7) is 8.00. The van der Waals surface area contributed by atoms with Crippen LogP contribution in [0.1, 0.15) is 72.6 Å². The zero-order chi connectivity index (χ0) is 23.5. The number of ether oxygens (including phenoxy) is 1. The van der Waals surface area contributed by atoms with E-state index in [0.717, 1.165) is 25.7 Å². The van der Waals surface area contributed by atoms with E-state index < -0.39 is 17.1 Å². The van der Waals surface area contributed by atoms with Crippen LogP contribution in [0.2, 0.25) is 0 Å². The van der Waals surface area contributed by atoms with Crippen molar-refractivity contribution in [2.24, 2.45) is 28.6 Å². The molecule has 0 amide bonds. The average molecular weight is 481 g/mol. The first kappa shape index (κ1) is 24.4. The molecule has 0 saturated heterocycles. The second-order valence-corrected chi connectivity index (χ2v) is 12.7. The predicted octanol–water partition coefficient (Wildman–Crippen LogP) is 4.23. The average Bonchev–Trinajstić information content (AvgIpc) is 2.97. The van der Waals surface area contributed by atoms with Gasteiger partial charge in [-0.15, -0.1) is 0 Å². The summed E-state index contributed by atoms with van der Waals surface area (Å²) in [5.74, 6) is 0.583. The van der Waals surface area contributed by atoms with Gasteiger partial charge in [0.2, 0.25) is 4.38 Å². The molecule has 0 aromatic carbocycles. The van der Waals surface area contributed by atoms with Crippen LogP contribution in [0.4, 0.5) is 0 Å². The lowest BCUT2D eigenvalue weighted by Gasteiger charge is -2.60. The minimum absolute atomic E-state index is 0.0475. The van der Waals surface area contributed by atoms with E-state index >= 15 is 0 Å². The second kappa shape index (κ2) is 8.47. The van der Waals surface area contributed by atoms with Crippen molar-refractivity contribution in [3.05, 3.63) is 11.6 Å². The Hall–Kier alpha value is -0.760. The van der Waals surface area contributed by atoms with Crippen molar-refractivity contribution in [1.29, 1.82) is 0 Å². The van der Waals surface area contributed by atoms with Crippen molar-refractivity contribution >= 4 is 39.9 Å². The molecule has 32 heavy (non-hydrogen) atoms. The van der Waals surface area contributed by atoms with Crippen molar-refractivity contribution in [2.75, 3.05) is 5.75 Å². The Bertz CT molecular complexity index is 853. The Balaban J connectivity index is 1.56. The molecule has 0 radical (unpaired) electrons. The number of hydrogen-bond acceptors (Lipinski definition) is 7. The third-order valence-corrected chi connectivity index (χ3v) is 10.4. The van der Waals surface area contributed by atoms with E-state index in [0.29, 0.717) is 23.6 Å². The van der Waals surface area contributed by atoms with Crippen LogP contribution in [-0.4, -0.2) is 49.7 Å². The Morgan fingerprint density at radius 1 is 1.28 bits per heavy atom. The molecule has 0 heterocycles. The molecule has 3 saturated carbocycles. The number of aliphatic hydroxyl groups is 2. The summed E-state index contributed by atoms with van der Waals surface area (Å²) in [7, 11) is 0. The molecule has 0 aliphatic heterocycles. The van der Waals surface area contributed by atoms with Gasteiger partial charge in [0, 0.05) is 11.8 Å². The molecule has 7 heteroatoms. The van der Waals surface area contributed by atoms with Crippen molar-refractivity contribution in [3.8, 4) is 0 Å². The maximum Gasteiger partial charge on any atom is 0.220 e. The first-order chi connectivity index (χ1) is 14.9. The van der Waals surface area contributed by atoms with E-state index in [9.17, 15) is 19.8 Å². The van der Waals surface area contributed by atoms with E-state index in [-0.39, 0.29) is 46.6 Å². The third-order valence-electron chi connectivity index (χ3n) is 9.16. The first-order valence-electron chi connectivity index (χ1n) is 11.9. The maximum atomic E-state index is 13.3. The lowest BCUT2D eigenvalue weighted by Crippen LogP contribution is -2.62. The van der Waals surface area contributed by atoms with Gasteiger partial charge >= 0.3 is 0 Å². The molecule has 3 fully saturated rings. The highest BCUT2D eigenvalue weighted by atomic mass is 32.2. The van der Waals surface area contributed by atoms with Crippen LogP contribution >= 0.6 is 24.0 Å². The SMILES string of the molecule is CC(C)OC(=S)SCC(=O)[C@@]1(O)CC[C@H]2[C@H]3CCC4=CC(=O)CC[C@]4(C)[C@H]3[C@@H](O)C[C@@]21C. The van der Waals surface area contributed by atoms with E-state index in [4.69, 9.17) is 17.0 Å². The number of fused-ring (bicyclic) bond motifs is 5. The predicted molar refractivity (Wildman–Crippen MR) is 129 cm³/mol. The summed E-state index contributed by atoms with van der Waals surface area (Å²) < 4.78 is 5.80. The highest BCUT2D eigenvalue weighted by Crippen LogP contribution is 2.67. The van der Waals surface area contributed by atoms with Gasteiger partial charge in [-0.05, 0) is 93.8 Å². The molecule has 0 bridgehead atoms. The molecule has 4 aliphatic carbocycles. The fraction of sp³-hybridized carbons (Fsp3) is 0.800. The number of rotatable bonds is 4. The van der Waals surface area contributed by atoms with E-state index in [1.807, 2.05) is 26.8 Å². The topological polar surface area (TPSA) is 83.8 Å². The van der Waals surface area contributed by atoms with Crippen LogP contribution in [0.5, 0.6) is 0 Å². The van der Waals surface area contributed by atoms with E-state index in [1.54, 1.807) is 0 Å². The molecule has 0 aromatic rings. The monoisotopic (exact) mass is 480 g/mol. The number of thioether (sulfide) groups is 1. The Morgan fingerprint density at radius 2 is 2.00 bits per heavy atom. The third kappa shape index (κ3) is 3.71. The highest BCUT2D eigenvalue weighted by molar-refractivity contribution is 8.23. The van der Waals surface area contributed by atoms with Crippen LogP contribution < -0.4 is 0 Å². The minimum atomic E-state index is -1.45. The summed E-state index contributed by atoms with van der Waals surface area (Å²) in [5, 5.41) is 23.2. The molecule has 0 aromatic heterocycles. The van der Waals surface area contributed by atoms with Gasteiger partial charge in [0.05, 0.1) is 18.0 Å². The van der Waals surface area contributed by atoms with E-state index in [2.05, 4.69) is 6.92 Å². The molecule has 4 aliphatic rings. The number of allylic oxidation sites excluding steroid dienone is 1. The normalized spacial score (nSPS) is 43.2. The number of ketones is 2. The standard InChI is InChI=1S/C25H36O5S2/c1-14(2)30-22(31)32-13-20(28)25(29)10-8-18-17-6-5-15-11-16(26)7-9-23(15,3)21(17)19(27)12-24(18,25)4/h11,14,17-19,21,27,29H,5-10,12-13H2,1-4H3/t17-,18+,19+,21-,23+,24+,25+/m1/s1. The van der Waals surface area contributed by atoms with Crippen molar-refractivity contribution in [1.82, 2.24) is 0 Å². The molecule has 2 N–H and O–H groups in total. The van der Waals surface area contributed by atoms with Gasteiger partial charge < -0.3 is 14.9 Å². The number of carbonyl (C=O) groups excluding carboxylic acids is 2. The van der Waals surface area contributed by atoms with Gasteiger partial charge in [0.1, 0.15) is 5.60 Å². The van der Waals surface area contributed by atoms with Crippen LogP contribution in [0, 0.1) is 28.6 Å². The fourth-order valence-electron chi connectivity index (χ4n) is 7.62. The quantitative estimate of drug-likeness (QED) is 0.583. The highest BCUT2D eigenvalue weighted by Gasteiger charge is 2.68. The molecule has 5 nitrogen and oxygen atoms in total. The summed E-state index contributed by atoms with van der Waals surface area (Å²) in [6.07, 6.45) is 5.91. The Labute approximate surface area is 200 Å². The minimum Gasteiger partial charge on any atom is -0.476 e. The number of hydrogen-bond donors (Lipinski definition) is 2. The molecular weight excluding hydrogens is 444 g/mol. The zero-order valence-electron chi connectivity index (χ0n) is 19.6. The van der Waals surface area contributed by atoms with Crippen molar-refractivity contribution in [3.63, 3.8) is 0 Å². The van der Waals surface area contributed by atoms with Gasteiger partial charge in [-0.25, -0.2) is 0 Å². The summed E-state index contributed by atoms with van der Waals surface area (Å²) in [5.41, 5.74) is -1.09. The van der Waals surface area contributed by atoms with Gasteiger partial charge in [-0.3, -0.25) is 9.59 Å².